The second-order valence-electron chi connectivity index (χ2n) is 3.13. The fraction of sp³-hybridized carbons (Fsp3) is 0.333. The van der Waals surface area contributed by atoms with Gasteiger partial charge in [-0.25, -0.2) is 13.2 Å². The van der Waals surface area contributed by atoms with Gasteiger partial charge in [0.1, 0.15) is 5.82 Å². The van der Waals surface area contributed by atoms with Crippen LogP contribution in [0.3, 0.4) is 0 Å². The molecule has 1 amide bonds. The van der Waals surface area contributed by atoms with Crippen LogP contribution in [0, 0.1) is 5.82 Å². The van der Waals surface area contributed by atoms with Crippen LogP contribution in [0.25, 0.3) is 0 Å². The van der Waals surface area contributed by atoms with Gasteiger partial charge in [-0.05, 0) is 6.07 Å². The number of hydrogen-bond donors (Lipinski definition) is 2. The second kappa shape index (κ2) is 8.12. The van der Waals surface area contributed by atoms with Crippen molar-refractivity contribution in [2.24, 2.45) is 5.73 Å². The summed E-state index contributed by atoms with van der Waals surface area (Å²) < 4.78 is 38.0. The molecule has 0 fully saturated rings. The molecule has 1 heterocycles. The zero-order valence-corrected chi connectivity index (χ0v) is 10.7. The quantitative estimate of drug-likeness (QED) is 0.883. The third-order valence-electron chi connectivity index (χ3n) is 1.77. The Hall–Kier alpha value is -1.05. The Kier molecular flexibility index (Phi) is 8.71. The monoisotopic (exact) mass is 305 g/mol. The Morgan fingerprint density at radius 1 is 1.39 bits per heavy atom. The van der Waals surface area contributed by atoms with E-state index < -0.39 is 30.7 Å². The predicted molar refractivity (Wildman–Crippen MR) is 65.0 cm³/mol. The third-order valence-corrected chi connectivity index (χ3v) is 1.77. The van der Waals surface area contributed by atoms with Crippen molar-refractivity contribution in [2.75, 3.05) is 13.1 Å². The minimum absolute atomic E-state index is 0. The molecule has 0 atom stereocenters. The molecule has 0 bridgehead atoms. The van der Waals surface area contributed by atoms with Gasteiger partial charge in [-0.1, -0.05) is 0 Å². The summed E-state index contributed by atoms with van der Waals surface area (Å²) in [5.41, 5.74) is 4.66. The minimum atomic E-state index is -3.17. The van der Waals surface area contributed by atoms with Crippen molar-refractivity contribution in [2.45, 2.75) is 5.92 Å². The molecule has 9 heteroatoms. The van der Waals surface area contributed by atoms with Crippen LogP contribution >= 0.6 is 24.8 Å². The van der Waals surface area contributed by atoms with Gasteiger partial charge in [0.25, 0.3) is 11.8 Å². The molecule has 0 aliphatic heterocycles. The molecule has 18 heavy (non-hydrogen) atoms. The molecular weight excluding hydrogens is 294 g/mol. The van der Waals surface area contributed by atoms with Crippen molar-refractivity contribution in [3.63, 3.8) is 0 Å². The van der Waals surface area contributed by atoms with Gasteiger partial charge in [-0.15, -0.1) is 24.8 Å². The maximum atomic E-state index is 12.7. The van der Waals surface area contributed by atoms with Gasteiger partial charge in [0, 0.05) is 6.20 Å². The maximum Gasteiger partial charge on any atom is 0.277 e. The van der Waals surface area contributed by atoms with Crippen LogP contribution in [0.1, 0.15) is 10.4 Å². The number of nitrogens with zero attached hydrogens (tertiary/aromatic N) is 1. The summed E-state index contributed by atoms with van der Waals surface area (Å²) in [6, 6.07) is 0.906. The highest BCUT2D eigenvalue weighted by Gasteiger charge is 2.27. The number of carbonyl (C=O) groups excluding carboxylic acids is 1. The van der Waals surface area contributed by atoms with E-state index in [4.69, 9.17) is 5.73 Å². The molecule has 1 rings (SSSR count). The highest BCUT2D eigenvalue weighted by atomic mass is 35.5. The summed E-state index contributed by atoms with van der Waals surface area (Å²) in [6.45, 7) is -1.76. The van der Waals surface area contributed by atoms with Crippen molar-refractivity contribution in [1.82, 2.24) is 10.3 Å². The number of nitrogens with one attached hydrogen (secondary N) is 1. The molecule has 3 N–H and O–H groups in total. The lowest BCUT2D eigenvalue weighted by Crippen LogP contribution is -2.41. The molecule has 0 spiro atoms. The van der Waals surface area contributed by atoms with Crippen LogP contribution in [0.4, 0.5) is 13.2 Å². The Morgan fingerprint density at radius 2 is 2.00 bits per heavy atom. The highest BCUT2D eigenvalue weighted by Crippen LogP contribution is 2.09. The van der Waals surface area contributed by atoms with Crippen LogP contribution < -0.4 is 11.1 Å². The summed E-state index contributed by atoms with van der Waals surface area (Å²) in [7, 11) is 0. The number of nitrogens with two attached hydrogens (primary N) is 1. The average Bonchev–Trinajstić information content (AvgIpc) is 2.26. The Bertz CT molecular complexity index is 393. The first-order valence-electron chi connectivity index (χ1n) is 4.41. The topological polar surface area (TPSA) is 68.0 Å². The number of hydrogen-bond acceptors (Lipinski definition) is 3. The average molecular weight is 306 g/mol. The Balaban J connectivity index is 0. The third kappa shape index (κ3) is 6.04. The van der Waals surface area contributed by atoms with Gasteiger partial charge in [0.2, 0.25) is 0 Å². The first kappa shape index (κ1) is 19.3. The minimum Gasteiger partial charge on any atom is -0.346 e. The Morgan fingerprint density at radius 3 is 2.50 bits per heavy atom. The molecule has 4 nitrogen and oxygen atoms in total. The van der Waals surface area contributed by atoms with Gasteiger partial charge in [0.15, 0.2) is 0 Å². The first-order valence-corrected chi connectivity index (χ1v) is 4.41. The van der Waals surface area contributed by atoms with Crippen LogP contribution in [0.15, 0.2) is 18.5 Å². The van der Waals surface area contributed by atoms with Gasteiger partial charge in [-0.3, -0.25) is 9.78 Å². The second-order valence-corrected chi connectivity index (χ2v) is 3.13. The lowest BCUT2D eigenvalue weighted by molar-refractivity contribution is 0.0118. The van der Waals surface area contributed by atoms with E-state index in [1.807, 2.05) is 5.32 Å². The molecule has 0 saturated heterocycles. The fourth-order valence-electron chi connectivity index (χ4n) is 0.920. The van der Waals surface area contributed by atoms with Crippen molar-refractivity contribution in [1.29, 1.82) is 0 Å². The van der Waals surface area contributed by atoms with E-state index >= 15 is 0 Å². The smallest absolute Gasteiger partial charge is 0.277 e. The summed E-state index contributed by atoms with van der Waals surface area (Å²) in [6.07, 6.45) is 1.99. The fourth-order valence-corrected chi connectivity index (χ4v) is 0.920. The summed E-state index contributed by atoms with van der Waals surface area (Å²) >= 11 is 0. The SMILES string of the molecule is Cl.Cl.NCC(F)(F)CNC(=O)c1cncc(F)c1. The van der Waals surface area contributed by atoms with Crippen LogP contribution in [0.5, 0.6) is 0 Å². The standard InChI is InChI=1S/C9H10F3N3O.2ClH/c10-7-1-6(2-14-3-7)8(16)15-5-9(11,12)4-13;;/h1-3H,4-5,13H2,(H,15,16);2*1H. The van der Waals surface area contributed by atoms with Crippen LogP contribution in [-0.2, 0) is 0 Å². The lowest BCUT2D eigenvalue weighted by Gasteiger charge is -2.14. The van der Waals surface area contributed by atoms with Gasteiger partial charge >= 0.3 is 0 Å². The van der Waals surface area contributed by atoms with E-state index in [1.54, 1.807) is 0 Å². The molecule has 0 unspecified atom stereocenters. The summed E-state index contributed by atoms with van der Waals surface area (Å²) in [5, 5.41) is 1.94. The largest absolute Gasteiger partial charge is 0.346 e. The molecule has 1 aromatic rings. The number of aromatic nitrogens is 1. The van der Waals surface area contributed by atoms with Crippen molar-refractivity contribution in [3.05, 3.63) is 29.8 Å². The van der Waals surface area contributed by atoms with E-state index in [-0.39, 0.29) is 30.4 Å². The number of amides is 1. The van der Waals surface area contributed by atoms with E-state index in [0.717, 1.165) is 18.5 Å². The molecule has 0 aromatic carbocycles. The zero-order valence-electron chi connectivity index (χ0n) is 9.03. The summed E-state index contributed by atoms with van der Waals surface area (Å²) in [5.74, 6) is -4.70. The number of carbonyl (C=O) groups is 1. The molecular formula is C9H12Cl2F3N3O. The molecule has 0 aliphatic rings. The molecule has 0 saturated carbocycles. The number of rotatable bonds is 4. The van der Waals surface area contributed by atoms with E-state index in [9.17, 15) is 18.0 Å². The normalized spacial score (nSPS) is 10.0. The number of alkyl halides is 2. The number of pyridine rings is 1. The zero-order chi connectivity index (χ0) is 12.2. The predicted octanol–water partition coefficient (Wildman–Crippen LogP) is 1.39. The molecule has 104 valence electrons. The van der Waals surface area contributed by atoms with Crippen LogP contribution in [0.2, 0.25) is 0 Å². The Labute approximate surface area is 114 Å². The highest BCUT2D eigenvalue weighted by molar-refractivity contribution is 5.93. The maximum absolute atomic E-state index is 12.7. The van der Waals surface area contributed by atoms with E-state index in [0.29, 0.717) is 0 Å². The van der Waals surface area contributed by atoms with Gasteiger partial charge in [-0.2, -0.15) is 0 Å². The lowest BCUT2D eigenvalue weighted by atomic mass is 10.2. The van der Waals surface area contributed by atoms with Crippen molar-refractivity contribution in [3.8, 4) is 0 Å². The van der Waals surface area contributed by atoms with Gasteiger partial charge < -0.3 is 11.1 Å². The van der Waals surface area contributed by atoms with Crippen LogP contribution in [-0.4, -0.2) is 29.9 Å². The summed E-state index contributed by atoms with van der Waals surface area (Å²) in [4.78, 5) is 14.7. The van der Waals surface area contributed by atoms with E-state index in [2.05, 4.69) is 4.98 Å². The van der Waals surface area contributed by atoms with E-state index in [1.165, 1.54) is 0 Å². The van der Waals surface area contributed by atoms with Crippen molar-refractivity contribution < 1.29 is 18.0 Å². The van der Waals surface area contributed by atoms with Crippen molar-refractivity contribution >= 4 is 30.7 Å². The number of halogens is 5. The molecule has 0 radical (unpaired) electrons. The molecule has 0 aliphatic carbocycles. The van der Waals surface area contributed by atoms with Gasteiger partial charge in [0.05, 0.1) is 24.8 Å². The first-order chi connectivity index (χ1) is 7.44. The molecule has 1 aromatic heterocycles.